The lowest BCUT2D eigenvalue weighted by molar-refractivity contribution is -0.120. The molecule has 2 rings (SSSR count). The molecule has 2 aromatic carbocycles. The van der Waals surface area contributed by atoms with Gasteiger partial charge in [0, 0.05) is 18.7 Å². The number of nitrogens with one attached hydrogen (secondary N) is 2. The normalized spacial score (nSPS) is 10.3. The van der Waals surface area contributed by atoms with Crippen LogP contribution in [0.5, 0.6) is 5.75 Å². The van der Waals surface area contributed by atoms with Crippen molar-refractivity contribution in [2.45, 2.75) is 13.1 Å². The number of hydrogen-bond acceptors (Lipinski definition) is 3. The number of hydrogen-bond donors (Lipinski definition) is 2. The Morgan fingerprint density at radius 2 is 1.82 bits per heavy atom. The van der Waals surface area contributed by atoms with Crippen molar-refractivity contribution in [2.24, 2.45) is 0 Å². The topological polar surface area (TPSA) is 50.4 Å². The Kier molecular flexibility index (Phi) is 5.91. The Bertz CT molecular complexity index is 614. The van der Waals surface area contributed by atoms with E-state index in [-0.39, 0.29) is 18.3 Å². The Morgan fingerprint density at radius 1 is 1.09 bits per heavy atom. The van der Waals surface area contributed by atoms with E-state index in [0.29, 0.717) is 13.1 Å². The summed E-state index contributed by atoms with van der Waals surface area (Å²) in [5.41, 5.74) is 1.86. The van der Waals surface area contributed by atoms with Crippen LogP contribution >= 0.6 is 0 Å². The Balaban J connectivity index is 1.72. The predicted octanol–water partition coefficient (Wildman–Crippen LogP) is 2.24. The average Bonchev–Trinajstić information content (AvgIpc) is 2.55. The van der Waals surface area contributed by atoms with Crippen molar-refractivity contribution in [1.29, 1.82) is 0 Å². The standard InChI is InChI=1S/C17H19FN2O2/c1-22-16-5-3-2-4-14(16)11-19-12-17(21)20-10-13-6-8-15(18)9-7-13/h2-9,19H,10-12H2,1H3,(H,20,21). The Hall–Kier alpha value is -2.40. The second kappa shape index (κ2) is 8.14. The fraction of sp³-hybridized carbons (Fsp3) is 0.235. The molecule has 0 saturated heterocycles. The van der Waals surface area contributed by atoms with E-state index in [9.17, 15) is 9.18 Å². The summed E-state index contributed by atoms with van der Waals surface area (Å²) in [6, 6.07) is 13.7. The number of halogens is 1. The molecule has 22 heavy (non-hydrogen) atoms. The van der Waals surface area contributed by atoms with Gasteiger partial charge < -0.3 is 15.4 Å². The van der Waals surface area contributed by atoms with E-state index in [1.807, 2.05) is 24.3 Å². The van der Waals surface area contributed by atoms with Gasteiger partial charge in [-0.05, 0) is 23.8 Å². The monoisotopic (exact) mass is 302 g/mol. The minimum Gasteiger partial charge on any atom is -0.496 e. The van der Waals surface area contributed by atoms with Crippen LogP contribution in [-0.2, 0) is 17.9 Å². The number of amides is 1. The maximum Gasteiger partial charge on any atom is 0.234 e. The molecule has 5 heteroatoms. The number of carbonyl (C=O) groups is 1. The van der Waals surface area contributed by atoms with Gasteiger partial charge in [-0.1, -0.05) is 30.3 Å². The van der Waals surface area contributed by atoms with Crippen LogP contribution in [0.1, 0.15) is 11.1 Å². The first-order valence-corrected chi connectivity index (χ1v) is 7.03. The second-order valence-electron chi connectivity index (χ2n) is 4.82. The first-order chi connectivity index (χ1) is 10.7. The van der Waals surface area contributed by atoms with Crippen LogP contribution in [0.25, 0.3) is 0 Å². The molecule has 2 N–H and O–H groups in total. The largest absolute Gasteiger partial charge is 0.496 e. The number of benzene rings is 2. The Morgan fingerprint density at radius 3 is 2.55 bits per heavy atom. The quantitative estimate of drug-likeness (QED) is 0.825. The second-order valence-corrected chi connectivity index (χ2v) is 4.82. The maximum atomic E-state index is 12.8. The average molecular weight is 302 g/mol. The molecule has 4 nitrogen and oxygen atoms in total. The molecular weight excluding hydrogens is 283 g/mol. The minimum absolute atomic E-state index is 0.112. The van der Waals surface area contributed by atoms with Gasteiger partial charge in [0.1, 0.15) is 11.6 Å². The third kappa shape index (κ3) is 4.86. The van der Waals surface area contributed by atoms with Gasteiger partial charge in [-0.15, -0.1) is 0 Å². The zero-order chi connectivity index (χ0) is 15.8. The molecule has 0 aliphatic heterocycles. The van der Waals surface area contributed by atoms with Crippen molar-refractivity contribution in [2.75, 3.05) is 13.7 Å². The molecule has 1 amide bonds. The van der Waals surface area contributed by atoms with Crippen LogP contribution < -0.4 is 15.4 Å². The highest BCUT2D eigenvalue weighted by atomic mass is 19.1. The highest BCUT2D eigenvalue weighted by Crippen LogP contribution is 2.16. The fourth-order valence-corrected chi connectivity index (χ4v) is 2.03. The summed E-state index contributed by atoms with van der Waals surface area (Å²) in [4.78, 5) is 11.7. The van der Waals surface area contributed by atoms with Gasteiger partial charge in [0.2, 0.25) is 5.91 Å². The number of methoxy groups -OCH3 is 1. The van der Waals surface area contributed by atoms with Gasteiger partial charge in [-0.3, -0.25) is 4.79 Å². The number of carbonyl (C=O) groups excluding carboxylic acids is 1. The lowest BCUT2D eigenvalue weighted by atomic mass is 10.2. The molecule has 2 aromatic rings. The van der Waals surface area contributed by atoms with Crippen molar-refractivity contribution in [1.82, 2.24) is 10.6 Å². The van der Waals surface area contributed by atoms with Gasteiger partial charge in [0.15, 0.2) is 0 Å². The molecule has 0 aliphatic carbocycles. The van der Waals surface area contributed by atoms with Crippen LogP contribution in [0.4, 0.5) is 4.39 Å². The van der Waals surface area contributed by atoms with Crippen molar-refractivity contribution >= 4 is 5.91 Å². The molecule has 116 valence electrons. The number of ether oxygens (including phenoxy) is 1. The van der Waals surface area contributed by atoms with Gasteiger partial charge >= 0.3 is 0 Å². The molecular formula is C17H19FN2O2. The summed E-state index contributed by atoms with van der Waals surface area (Å²) in [5, 5.41) is 5.85. The molecule has 0 bridgehead atoms. The summed E-state index contributed by atoms with van der Waals surface area (Å²) >= 11 is 0. The number of para-hydroxylation sites is 1. The zero-order valence-corrected chi connectivity index (χ0v) is 12.4. The lowest BCUT2D eigenvalue weighted by Crippen LogP contribution is -2.33. The highest BCUT2D eigenvalue weighted by molar-refractivity contribution is 5.77. The van der Waals surface area contributed by atoms with E-state index in [4.69, 9.17) is 4.74 Å². The van der Waals surface area contributed by atoms with Crippen LogP contribution in [0.2, 0.25) is 0 Å². The van der Waals surface area contributed by atoms with Gasteiger partial charge in [-0.2, -0.15) is 0 Å². The molecule has 0 fully saturated rings. The van der Waals surface area contributed by atoms with Crippen LogP contribution in [0.3, 0.4) is 0 Å². The van der Waals surface area contributed by atoms with Crippen molar-refractivity contribution in [3.63, 3.8) is 0 Å². The molecule has 0 aromatic heterocycles. The number of rotatable bonds is 7. The lowest BCUT2D eigenvalue weighted by Gasteiger charge is -2.10. The molecule has 0 aliphatic rings. The van der Waals surface area contributed by atoms with Crippen molar-refractivity contribution in [3.05, 3.63) is 65.5 Å². The van der Waals surface area contributed by atoms with Crippen LogP contribution in [0, 0.1) is 5.82 Å². The van der Waals surface area contributed by atoms with Crippen molar-refractivity contribution < 1.29 is 13.9 Å². The summed E-state index contributed by atoms with van der Waals surface area (Å²) in [5.74, 6) is 0.398. The zero-order valence-electron chi connectivity index (χ0n) is 12.4. The summed E-state index contributed by atoms with van der Waals surface area (Å²) in [7, 11) is 1.62. The highest BCUT2D eigenvalue weighted by Gasteiger charge is 2.04. The smallest absolute Gasteiger partial charge is 0.234 e. The van der Waals surface area contributed by atoms with Crippen LogP contribution in [-0.4, -0.2) is 19.6 Å². The predicted molar refractivity (Wildman–Crippen MR) is 82.9 cm³/mol. The molecule has 0 spiro atoms. The molecule has 0 saturated carbocycles. The first-order valence-electron chi connectivity index (χ1n) is 7.03. The van der Waals surface area contributed by atoms with E-state index >= 15 is 0 Å². The maximum absolute atomic E-state index is 12.8. The molecule has 0 heterocycles. The Labute approximate surface area is 129 Å². The minimum atomic E-state index is -0.284. The summed E-state index contributed by atoms with van der Waals surface area (Å²) in [6.07, 6.45) is 0. The fourth-order valence-electron chi connectivity index (χ4n) is 2.03. The first kappa shape index (κ1) is 16.0. The third-order valence-electron chi connectivity index (χ3n) is 3.20. The van der Waals surface area contributed by atoms with Gasteiger partial charge in [0.25, 0.3) is 0 Å². The molecule has 0 atom stereocenters. The van der Waals surface area contributed by atoms with Crippen LogP contribution in [0.15, 0.2) is 48.5 Å². The van der Waals surface area contributed by atoms with E-state index in [0.717, 1.165) is 16.9 Å². The third-order valence-corrected chi connectivity index (χ3v) is 3.20. The van der Waals surface area contributed by atoms with E-state index in [1.165, 1.54) is 12.1 Å². The van der Waals surface area contributed by atoms with E-state index < -0.39 is 0 Å². The molecule has 0 radical (unpaired) electrons. The molecule has 0 unspecified atom stereocenters. The van der Waals surface area contributed by atoms with Crippen molar-refractivity contribution in [3.8, 4) is 5.75 Å². The summed E-state index contributed by atoms with van der Waals surface area (Å²) in [6.45, 7) is 1.14. The SMILES string of the molecule is COc1ccccc1CNCC(=O)NCc1ccc(F)cc1. The van der Waals surface area contributed by atoms with Gasteiger partial charge in [-0.25, -0.2) is 4.39 Å². The summed E-state index contributed by atoms with van der Waals surface area (Å²) < 4.78 is 18.0. The van der Waals surface area contributed by atoms with Gasteiger partial charge in [0.05, 0.1) is 13.7 Å². The van der Waals surface area contributed by atoms with E-state index in [1.54, 1.807) is 19.2 Å². The van der Waals surface area contributed by atoms with E-state index in [2.05, 4.69) is 10.6 Å².